The fourth-order valence-electron chi connectivity index (χ4n) is 2.91. The summed E-state index contributed by atoms with van der Waals surface area (Å²) in [6.07, 6.45) is -0.342. The number of amides is 1. The van der Waals surface area contributed by atoms with E-state index in [1.807, 2.05) is 6.07 Å². The Hall–Kier alpha value is -4.12. The van der Waals surface area contributed by atoms with E-state index in [4.69, 9.17) is 0 Å². The van der Waals surface area contributed by atoms with E-state index in [0.29, 0.717) is 4.68 Å². The van der Waals surface area contributed by atoms with Gasteiger partial charge in [0.2, 0.25) is 0 Å². The van der Waals surface area contributed by atoms with Gasteiger partial charge in [-0.25, -0.2) is 14.1 Å². The van der Waals surface area contributed by atoms with Gasteiger partial charge in [-0.1, -0.05) is 0 Å². The maximum Gasteiger partial charge on any atom is 0.434 e. The summed E-state index contributed by atoms with van der Waals surface area (Å²) in [6.45, 7) is 0. The minimum Gasteiger partial charge on any atom is -0.320 e. The predicted octanol–water partition coefficient (Wildman–Crippen LogP) is 3.89. The van der Waals surface area contributed by atoms with Crippen molar-refractivity contribution in [2.24, 2.45) is 0 Å². The Morgan fingerprint density at radius 2 is 1.85 bits per heavy atom. The van der Waals surface area contributed by atoms with E-state index in [-0.39, 0.29) is 27.2 Å². The fraction of sp³-hybridized carbons (Fsp3) is 0.0526. The van der Waals surface area contributed by atoms with Crippen LogP contribution in [0.1, 0.15) is 21.6 Å². The standard InChI is InChI=1S/C19H9BrF4N8O/c20-14-6-11(21)1-2-15(14)31-16(19(22,23)24)13(9-29-31)18(33)30-12-5-10(7-25)17(26-8-12)32-27-3-4-28-32/h1-6,8-9H,(H,30,33). The van der Waals surface area contributed by atoms with Gasteiger partial charge in [0, 0.05) is 4.47 Å². The molecule has 1 aromatic carbocycles. The van der Waals surface area contributed by atoms with Crippen molar-refractivity contribution < 1.29 is 22.4 Å². The summed E-state index contributed by atoms with van der Waals surface area (Å²) in [5.74, 6) is -1.73. The first-order valence-corrected chi connectivity index (χ1v) is 9.67. The molecule has 0 atom stereocenters. The van der Waals surface area contributed by atoms with Gasteiger partial charge in [-0.15, -0.1) is 4.80 Å². The Bertz CT molecular complexity index is 1390. The molecule has 1 amide bonds. The number of rotatable bonds is 4. The summed E-state index contributed by atoms with van der Waals surface area (Å²) in [5.41, 5.74) is -2.32. The number of alkyl halides is 3. The zero-order chi connectivity index (χ0) is 23.8. The van der Waals surface area contributed by atoms with E-state index in [2.05, 4.69) is 41.5 Å². The van der Waals surface area contributed by atoms with Gasteiger partial charge in [0.1, 0.15) is 17.4 Å². The van der Waals surface area contributed by atoms with Crippen molar-refractivity contribution in [1.82, 2.24) is 29.8 Å². The first kappa shape index (κ1) is 22.1. The Morgan fingerprint density at radius 1 is 1.12 bits per heavy atom. The summed E-state index contributed by atoms with van der Waals surface area (Å²) in [6, 6.07) is 6.11. The molecule has 1 N–H and O–H groups in total. The number of benzene rings is 1. The molecule has 166 valence electrons. The Morgan fingerprint density at radius 3 is 2.48 bits per heavy atom. The van der Waals surface area contributed by atoms with Gasteiger partial charge in [-0.05, 0) is 40.2 Å². The number of nitrogens with one attached hydrogen (secondary N) is 1. The van der Waals surface area contributed by atoms with Crippen molar-refractivity contribution in [2.75, 3.05) is 5.32 Å². The van der Waals surface area contributed by atoms with Crippen LogP contribution in [0.2, 0.25) is 0 Å². The highest BCUT2D eigenvalue weighted by molar-refractivity contribution is 9.10. The summed E-state index contributed by atoms with van der Waals surface area (Å²) in [4.78, 5) is 17.8. The lowest BCUT2D eigenvalue weighted by molar-refractivity contribution is -0.143. The molecule has 0 aliphatic carbocycles. The monoisotopic (exact) mass is 520 g/mol. The maximum absolute atomic E-state index is 13.9. The largest absolute Gasteiger partial charge is 0.434 e. The quantitative estimate of drug-likeness (QED) is 0.408. The number of carbonyl (C=O) groups is 1. The molecule has 4 rings (SSSR count). The summed E-state index contributed by atoms with van der Waals surface area (Å²) < 4.78 is 55.5. The highest BCUT2D eigenvalue weighted by Gasteiger charge is 2.41. The lowest BCUT2D eigenvalue weighted by Crippen LogP contribution is -2.21. The third kappa shape index (κ3) is 4.30. The van der Waals surface area contributed by atoms with Gasteiger partial charge >= 0.3 is 6.18 Å². The third-order valence-electron chi connectivity index (χ3n) is 4.27. The molecule has 0 aliphatic heterocycles. The second-order valence-electron chi connectivity index (χ2n) is 6.39. The molecule has 3 aromatic heterocycles. The van der Waals surface area contributed by atoms with Gasteiger partial charge in [-0.2, -0.15) is 33.7 Å². The molecule has 4 aromatic rings. The normalized spacial score (nSPS) is 11.3. The van der Waals surface area contributed by atoms with E-state index >= 15 is 0 Å². The van der Waals surface area contributed by atoms with Gasteiger partial charge in [-0.3, -0.25) is 4.79 Å². The van der Waals surface area contributed by atoms with Crippen molar-refractivity contribution in [3.05, 3.63) is 76.2 Å². The van der Waals surface area contributed by atoms with Gasteiger partial charge in [0.15, 0.2) is 11.5 Å². The predicted molar refractivity (Wildman–Crippen MR) is 108 cm³/mol. The summed E-state index contributed by atoms with van der Waals surface area (Å²) in [7, 11) is 0. The van der Waals surface area contributed by atoms with Crippen molar-refractivity contribution in [3.8, 4) is 17.6 Å². The van der Waals surface area contributed by atoms with Gasteiger partial charge in [0.25, 0.3) is 5.91 Å². The molecule has 0 unspecified atom stereocenters. The average Bonchev–Trinajstić information content (AvgIpc) is 3.43. The molecule has 0 saturated carbocycles. The zero-order valence-electron chi connectivity index (χ0n) is 16.0. The number of nitrogens with zero attached hydrogens (tertiary/aromatic N) is 7. The molecular formula is C19H9BrF4N8O. The van der Waals surface area contributed by atoms with Crippen LogP contribution in [0.5, 0.6) is 0 Å². The Balaban J connectivity index is 1.71. The highest BCUT2D eigenvalue weighted by atomic mass is 79.9. The van der Waals surface area contributed by atoms with E-state index in [1.165, 1.54) is 18.5 Å². The maximum atomic E-state index is 13.9. The molecule has 0 radical (unpaired) electrons. The minimum absolute atomic E-state index is 0.00809. The molecule has 0 saturated heterocycles. The molecule has 14 heteroatoms. The van der Waals surface area contributed by atoms with E-state index in [9.17, 15) is 27.6 Å². The van der Waals surface area contributed by atoms with E-state index < -0.39 is 29.2 Å². The minimum atomic E-state index is -4.97. The van der Waals surface area contributed by atoms with Crippen molar-refractivity contribution in [3.63, 3.8) is 0 Å². The fourth-order valence-corrected chi connectivity index (χ4v) is 3.43. The number of halogens is 5. The average molecular weight is 521 g/mol. The summed E-state index contributed by atoms with van der Waals surface area (Å²) >= 11 is 3.00. The molecule has 0 fully saturated rings. The molecule has 9 nitrogen and oxygen atoms in total. The molecule has 33 heavy (non-hydrogen) atoms. The van der Waals surface area contributed by atoms with Gasteiger partial charge in [0.05, 0.1) is 41.7 Å². The number of nitriles is 1. The number of pyridine rings is 1. The van der Waals surface area contributed by atoms with Crippen LogP contribution in [0.3, 0.4) is 0 Å². The lowest BCUT2D eigenvalue weighted by Gasteiger charge is -2.14. The van der Waals surface area contributed by atoms with Crippen LogP contribution in [0.25, 0.3) is 11.5 Å². The number of hydrogen-bond donors (Lipinski definition) is 1. The van der Waals surface area contributed by atoms with E-state index in [0.717, 1.165) is 35.4 Å². The van der Waals surface area contributed by atoms with Crippen LogP contribution in [0.4, 0.5) is 23.2 Å². The van der Waals surface area contributed by atoms with E-state index in [1.54, 1.807) is 0 Å². The van der Waals surface area contributed by atoms with Crippen LogP contribution in [0, 0.1) is 17.1 Å². The number of anilines is 1. The van der Waals surface area contributed by atoms with Crippen LogP contribution in [-0.2, 0) is 6.18 Å². The molecule has 0 bridgehead atoms. The summed E-state index contributed by atoms with van der Waals surface area (Å²) in [5, 5.41) is 23.0. The van der Waals surface area contributed by atoms with Crippen LogP contribution >= 0.6 is 15.9 Å². The molecule has 0 spiro atoms. The highest BCUT2D eigenvalue weighted by Crippen LogP contribution is 2.35. The molecular weight excluding hydrogens is 512 g/mol. The first-order valence-electron chi connectivity index (χ1n) is 8.88. The number of aromatic nitrogens is 6. The third-order valence-corrected chi connectivity index (χ3v) is 4.91. The lowest BCUT2D eigenvalue weighted by atomic mass is 10.2. The van der Waals surface area contributed by atoms with Crippen LogP contribution in [-0.4, -0.2) is 35.7 Å². The Kier molecular flexibility index (Phi) is 5.64. The van der Waals surface area contributed by atoms with Crippen LogP contribution < -0.4 is 5.32 Å². The topological polar surface area (TPSA) is 114 Å². The second kappa shape index (κ2) is 8.43. The smallest absolute Gasteiger partial charge is 0.320 e. The van der Waals surface area contributed by atoms with Gasteiger partial charge < -0.3 is 5.32 Å². The molecule has 0 aliphatic rings. The first-order chi connectivity index (χ1) is 15.7. The van der Waals surface area contributed by atoms with Crippen molar-refractivity contribution >= 4 is 27.5 Å². The SMILES string of the molecule is N#Cc1cc(NC(=O)c2cnn(-c3ccc(F)cc3Br)c2C(F)(F)F)cnc1-n1nccn1. The van der Waals surface area contributed by atoms with Crippen molar-refractivity contribution in [1.29, 1.82) is 5.26 Å². The molecule has 3 heterocycles. The number of carbonyl (C=O) groups excluding carboxylic acids is 1. The van der Waals surface area contributed by atoms with Crippen molar-refractivity contribution in [2.45, 2.75) is 6.18 Å². The Labute approximate surface area is 190 Å². The number of hydrogen-bond acceptors (Lipinski definition) is 6. The second-order valence-corrected chi connectivity index (χ2v) is 7.25. The zero-order valence-corrected chi connectivity index (χ0v) is 17.6. The van der Waals surface area contributed by atoms with Crippen LogP contribution in [0.15, 0.2) is 53.5 Å².